The average molecular weight is 248 g/mol. The first kappa shape index (κ1) is 13.7. The Hall–Kier alpha value is -0.320. The number of hydrogen-bond acceptors (Lipinski definition) is 3. The molecule has 1 aliphatic heterocycles. The Morgan fingerprint density at radius 3 is 2.69 bits per heavy atom. The molecule has 0 radical (unpaired) electrons. The van der Waals surface area contributed by atoms with Crippen LogP contribution < -0.4 is 5.73 Å². The summed E-state index contributed by atoms with van der Waals surface area (Å²) in [5, 5.41) is 0. The molecule has 2 rings (SSSR count). The molecule has 1 atom stereocenters. The highest BCUT2D eigenvalue weighted by molar-refractivity contribution is 5.85. The van der Waals surface area contributed by atoms with Crippen LogP contribution in [-0.2, 0) is 4.79 Å². The smallest absolute Gasteiger partial charge is 0.236 e. The first-order chi connectivity index (χ1) is 7.16. The van der Waals surface area contributed by atoms with Gasteiger partial charge in [0.2, 0.25) is 5.91 Å². The summed E-state index contributed by atoms with van der Waals surface area (Å²) < 4.78 is 0. The van der Waals surface area contributed by atoms with Gasteiger partial charge in [0, 0.05) is 25.7 Å². The number of halogens is 1. The van der Waals surface area contributed by atoms with E-state index in [0.717, 1.165) is 25.9 Å². The van der Waals surface area contributed by atoms with E-state index in [-0.39, 0.29) is 24.4 Å². The Kier molecular flexibility index (Phi) is 5.02. The van der Waals surface area contributed by atoms with E-state index >= 15 is 0 Å². The topological polar surface area (TPSA) is 49.6 Å². The van der Waals surface area contributed by atoms with Gasteiger partial charge in [-0.3, -0.25) is 9.69 Å². The van der Waals surface area contributed by atoms with Crippen molar-refractivity contribution in [3.8, 4) is 0 Å². The van der Waals surface area contributed by atoms with Gasteiger partial charge in [-0.2, -0.15) is 0 Å². The molecule has 1 saturated heterocycles. The second kappa shape index (κ2) is 5.84. The summed E-state index contributed by atoms with van der Waals surface area (Å²) in [5.41, 5.74) is 5.88. The van der Waals surface area contributed by atoms with Crippen molar-refractivity contribution in [1.29, 1.82) is 0 Å². The van der Waals surface area contributed by atoms with Gasteiger partial charge < -0.3 is 10.6 Å². The molecular formula is C11H22ClN3O. The predicted molar refractivity (Wildman–Crippen MR) is 66.7 cm³/mol. The lowest BCUT2D eigenvalue weighted by Gasteiger charge is -2.31. The van der Waals surface area contributed by atoms with Crippen LogP contribution in [0.5, 0.6) is 0 Å². The molecule has 94 valence electrons. The molecule has 0 aromatic carbocycles. The number of carbonyl (C=O) groups is 1. The summed E-state index contributed by atoms with van der Waals surface area (Å²) in [7, 11) is 1.92. The highest BCUT2D eigenvalue weighted by atomic mass is 35.5. The minimum atomic E-state index is 0. The van der Waals surface area contributed by atoms with Crippen LogP contribution in [0.1, 0.15) is 25.7 Å². The first-order valence-electron chi connectivity index (χ1n) is 5.90. The molecule has 4 nitrogen and oxygen atoms in total. The third-order valence-electron chi connectivity index (χ3n) is 3.39. The third-order valence-corrected chi connectivity index (χ3v) is 3.39. The van der Waals surface area contributed by atoms with E-state index < -0.39 is 0 Å². The van der Waals surface area contributed by atoms with Crippen molar-refractivity contribution >= 4 is 18.3 Å². The molecule has 2 N–H and O–H groups in total. The molecule has 2 aliphatic rings. The van der Waals surface area contributed by atoms with Crippen LogP contribution in [0.15, 0.2) is 0 Å². The Morgan fingerprint density at radius 1 is 1.44 bits per heavy atom. The van der Waals surface area contributed by atoms with Gasteiger partial charge in [0.15, 0.2) is 0 Å². The zero-order valence-corrected chi connectivity index (χ0v) is 10.7. The van der Waals surface area contributed by atoms with Crippen LogP contribution in [0.2, 0.25) is 0 Å². The van der Waals surface area contributed by atoms with Crippen LogP contribution in [0.4, 0.5) is 0 Å². The molecule has 0 bridgehead atoms. The maximum Gasteiger partial charge on any atom is 0.236 e. The highest BCUT2D eigenvalue weighted by Crippen LogP contribution is 2.25. The first-order valence-corrected chi connectivity index (χ1v) is 5.90. The zero-order valence-electron chi connectivity index (χ0n) is 9.89. The molecule has 1 aliphatic carbocycles. The van der Waals surface area contributed by atoms with Gasteiger partial charge in [0.05, 0.1) is 6.54 Å². The van der Waals surface area contributed by atoms with Gasteiger partial charge >= 0.3 is 0 Å². The molecule has 2 fully saturated rings. The molecule has 5 heteroatoms. The monoisotopic (exact) mass is 247 g/mol. The Morgan fingerprint density at radius 2 is 2.12 bits per heavy atom. The predicted octanol–water partition coefficient (Wildman–Crippen LogP) is 0.452. The van der Waals surface area contributed by atoms with Gasteiger partial charge in [-0.05, 0) is 32.2 Å². The van der Waals surface area contributed by atoms with Crippen molar-refractivity contribution in [2.75, 3.05) is 26.7 Å². The van der Waals surface area contributed by atoms with Crippen molar-refractivity contribution in [2.24, 2.45) is 5.73 Å². The lowest BCUT2D eigenvalue weighted by molar-refractivity contribution is -0.131. The molecule has 1 saturated carbocycles. The van der Waals surface area contributed by atoms with Crippen LogP contribution in [0, 0.1) is 0 Å². The average Bonchev–Trinajstić information content (AvgIpc) is 2.99. The van der Waals surface area contributed by atoms with Crippen molar-refractivity contribution in [2.45, 2.75) is 37.8 Å². The Balaban J connectivity index is 0.00000128. The summed E-state index contributed by atoms with van der Waals surface area (Å²) in [4.78, 5) is 15.9. The standard InChI is InChI=1S/C11H21N3O.ClH/c1-13(10-4-5-10)11(15)8-14-6-2-3-9(12)7-14;/h9-10H,2-8,12H2,1H3;1H/t9-;/m1./s1. The van der Waals surface area contributed by atoms with Crippen LogP contribution in [0.3, 0.4) is 0 Å². The summed E-state index contributed by atoms with van der Waals surface area (Å²) in [5.74, 6) is 0.256. The molecule has 0 aromatic rings. The second-order valence-electron chi connectivity index (χ2n) is 4.87. The Labute approximate surface area is 104 Å². The van der Waals surface area contributed by atoms with Gasteiger partial charge in [0.25, 0.3) is 0 Å². The van der Waals surface area contributed by atoms with E-state index in [1.807, 2.05) is 11.9 Å². The van der Waals surface area contributed by atoms with Crippen molar-refractivity contribution < 1.29 is 4.79 Å². The van der Waals surface area contributed by atoms with E-state index in [4.69, 9.17) is 5.73 Å². The maximum atomic E-state index is 11.8. The fraction of sp³-hybridized carbons (Fsp3) is 0.909. The number of carbonyl (C=O) groups excluding carboxylic acids is 1. The minimum absolute atomic E-state index is 0. The number of hydrogen-bond donors (Lipinski definition) is 1. The van der Waals surface area contributed by atoms with E-state index in [9.17, 15) is 4.79 Å². The van der Waals surface area contributed by atoms with Crippen molar-refractivity contribution in [1.82, 2.24) is 9.80 Å². The number of likely N-dealkylation sites (tertiary alicyclic amines) is 1. The second-order valence-corrected chi connectivity index (χ2v) is 4.87. The fourth-order valence-corrected chi connectivity index (χ4v) is 2.20. The molecule has 16 heavy (non-hydrogen) atoms. The summed E-state index contributed by atoms with van der Waals surface area (Å²) in [6.07, 6.45) is 4.59. The van der Waals surface area contributed by atoms with Gasteiger partial charge in [-0.25, -0.2) is 0 Å². The fourth-order valence-electron chi connectivity index (χ4n) is 2.20. The number of rotatable bonds is 3. The number of nitrogens with two attached hydrogens (primary N) is 1. The molecular weight excluding hydrogens is 226 g/mol. The maximum absolute atomic E-state index is 11.8. The molecule has 1 amide bonds. The van der Waals surface area contributed by atoms with Gasteiger partial charge in [-0.1, -0.05) is 0 Å². The third kappa shape index (κ3) is 3.61. The Bertz CT molecular complexity index is 245. The SMILES string of the molecule is CN(C(=O)CN1CCC[C@@H](N)C1)C1CC1.Cl. The number of likely N-dealkylation sites (N-methyl/N-ethyl adjacent to an activating group) is 1. The van der Waals surface area contributed by atoms with Crippen LogP contribution in [-0.4, -0.2) is 54.5 Å². The molecule has 0 spiro atoms. The van der Waals surface area contributed by atoms with Crippen molar-refractivity contribution in [3.63, 3.8) is 0 Å². The van der Waals surface area contributed by atoms with Gasteiger partial charge in [-0.15, -0.1) is 12.4 Å². The molecule has 0 aromatic heterocycles. The largest absolute Gasteiger partial charge is 0.342 e. The lowest BCUT2D eigenvalue weighted by atomic mass is 10.1. The number of piperidine rings is 1. The number of nitrogens with zero attached hydrogens (tertiary/aromatic N) is 2. The molecule has 0 unspecified atom stereocenters. The summed E-state index contributed by atoms with van der Waals surface area (Å²) >= 11 is 0. The highest BCUT2D eigenvalue weighted by Gasteiger charge is 2.30. The van der Waals surface area contributed by atoms with E-state index in [1.54, 1.807) is 0 Å². The van der Waals surface area contributed by atoms with E-state index in [2.05, 4.69) is 4.90 Å². The summed E-state index contributed by atoms with van der Waals surface area (Å²) in [6, 6.07) is 0.786. The van der Waals surface area contributed by atoms with Crippen LogP contribution >= 0.6 is 12.4 Å². The van der Waals surface area contributed by atoms with Crippen LogP contribution in [0.25, 0.3) is 0 Å². The van der Waals surface area contributed by atoms with Gasteiger partial charge in [0.1, 0.15) is 0 Å². The minimum Gasteiger partial charge on any atom is -0.342 e. The lowest BCUT2D eigenvalue weighted by Crippen LogP contribution is -2.47. The van der Waals surface area contributed by atoms with E-state index in [1.165, 1.54) is 12.8 Å². The molecule has 1 heterocycles. The normalized spacial score (nSPS) is 26.0. The van der Waals surface area contributed by atoms with E-state index in [0.29, 0.717) is 12.6 Å². The zero-order chi connectivity index (χ0) is 10.8. The quantitative estimate of drug-likeness (QED) is 0.788. The number of amides is 1. The van der Waals surface area contributed by atoms with Crippen molar-refractivity contribution in [3.05, 3.63) is 0 Å². The summed E-state index contributed by atoms with van der Waals surface area (Å²) in [6.45, 7) is 2.46.